The van der Waals surface area contributed by atoms with Gasteiger partial charge in [0.05, 0.1) is 24.4 Å². The normalized spacial score (nSPS) is 16.3. The van der Waals surface area contributed by atoms with Gasteiger partial charge in [0.2, 0.25) is 0 Å². The quantitative estimate of drug-likeness (QED) is 0.651. The summed E-state index contributed by atoms with van der Waals surface area (Å²) in [5, 5.41) is 7.52. The smallest absolute Gasteiger partial charge is 0.338 e. The Morgan fingerprint density at radius 2 is 1.86 bits per heavy atom. The first kappa shape index (κ1) is 20.5. The zero-order valence-electron chi connectivity index (χ0n) is 16.7. The molecule has 0 bridgehead atoms. The Morgan fingerprint density at radius 1 is 1.14 bits per heavy atom. The van der Waals surface area contributed by atoms with Crippen molar-refractivity contribution in [3.63, 3.8) is 0 Å². The molecule has 0 aromatic heterocycles. The molecule has 2 amide bonds. The lowest BCUT2D eigenvalue weighted by atomic mass is 9.91. The lowest BCUT2D eigenvalue weighted by Crippen LogP contribution is -2.84. The number of halogens is 1. The second-order valence-corrected chi connectivity index (χ2v) is 7.10. The molecule has 2 aromatic rings. The van der Waals surface area contributed by atoms with E-state index >= 15 is 0 Å². The standard InChI is InChI=1S/C22H24FN3O3/c1-13-4-9-17(14(2)10-13)20-19(21(27)29-3)18(25-22(28)26-20)12-24-11-15-5-7-16(23)8-6-15/h4-10,20,24H,11-12H2,1-3H3,(H2,25,26,28)/p+1/t20-/m1/s1. The summed E-state index contributed by atoms with van der Waals surface area (Å²) in [5.74, 6) is -0.779. The molecular formula is C22H25FN3O3+. The number of carbonyl (C=O) groups is 2. The van der Waals surface area contributed by atoms with Crippen LogP contribution in [-0.4, -0.2) is 25.7 Å². The average Bonchev–Trinajstić information content (AvgIpc) is 2.68. The van der Waals surface area contributed by atoms with Crippen LogP contribution in [0.15, 0.2) is 53.7 Å². The van der Waals surface area contributed by atoms with Crippen molar-refractivity contribution in [1.29, 1.82) is 0 Å². The van der Waals surface area contributed by atoms with Gasteiger partial charge in [-0.3, -0.25) is 0 Å². The summed E-state index contributed by atoms with van der Waals surface area (Å²) in [7, 11) is 1.32. The van der Waals surface area contributed by atoms with E-state index in [0.717, 1.165) is 22.3 Å². The van der Waals surface area contributed by atoms with Gasteiger partial charge in [0.1, 0.15) is 18.9 Å². The number of amides is 2. The molecular weight excluding hydrogens is 373 g/mol. The van der Waals surface area contributed by atoms with Gasteiger partial charge in [-0.15, -0.1) is 0 Å². The number of benzene rings is 2. The Bertz CT molecular complexity index is 954. The molecule has 7 heteroatoms. The van der Waals surface area contributed by atoms with E-state index in [0.29, 0.717) is 24.4 Å². The van der Waals surface area contributed by atoms with Crippen LogP contribution in [0.2, 0.25) is 0 Å². The van der Waals surface area contributed by atoms with E-state index in [1.807, 2.05) is 37.4 Å². The molecule has 2 aromatic carbocycles. The molecule has 0 fully saturated rings. The van der Waals surface area contributed by atoms with Gasteiger partial charge in [0.15, 0.2) is 0 Å². The van der Waals surface area contributed by atoms with Gasteiger partial charge in [-0.05, 0) is 37.1 Å². The fraction of sp³-hybridized carbons (Fsp3) is 0.273. The molecule has 4 N–H and O–H groups in total. The van der Waals surface area contributed by atoms with Gasteiger partial charge >= 0.3 is 12.0 Å². The highest BCUT2D eigenvalue weighted by atomic mass is 19.1. The van der Waals surface area contributed by atoms with Gasteiger partial charge < -0.3 is 20.7 Å². The minimum Gasteiger partial charge on any atom is -0.466 e. The molecule has 3 rings (SSSR count). The molecule has 0 saturated heterocycles. The Morgan fingerprint density at radius 3 is 2.52 bits per heavy atom. The van der Waals surface area contributed by atoms with Gasteiger partial charge in [-0.25, -0.2) is 14.0 Å². The predicted molar refractivity (Wildman–Crippen MR) is 106 cm³/mol. The van der Waals surface area contributed by atoms with Crippen LogP contribution < -0.4 is 16.0 Å². The number of rotatable bonds is 6. The van der Waals surface area contributed by atoms with Gasteiger partial charge in [-0.1, -0.05) is 35.9 Å². The van der Waals surface area contributed by atoms with Crippen molar-refractivity contribution in [1.82, 2.24) is 10.6 Å². The Labute approximate surface area is 169 Å². The fourth-order valence-corrected chi connectivity index (χ4v) is 3.52. The van der Waals surface area contributed by atoms with Crippen molar-refractivity contribution in [2.75, 3.05) is 13.7 Å². The van der Waals surface area contributed by atoms with E-state index in [4.69, 9.17) is 4.74 Å². The Balaban J connectivity index is 1.89. The van der Waals surface area contributed by atoms with Gasteiger partial charge in [-0.2, -0.15) is 0 Å². The molecule has 29 heavy (non-hydrogen) atoms. The average molecular weight is 398 g/mol. The molecule has 6 nitrogen and oxygen atoms in total. The molecule has 0 spiro atoms. The van der Waals surface area contributed by atoms with E-state index < -0.39 is 12.0 Å². The topological polar surface area (TPSA) is 84.0 Å². The minimum absolute atomic E-state index is 0.286. The summed E-state index contributed by atoms with van der Waals surface area (Å²) in [6, 6.07) is 11.2. The summed E-state index contributed by atoms with van der Waals surface area (Å²) >= 11 is 0. The third-order valence-corrected chi connectivity index (χ3v) is 4.94. The number of esters is 1. The Kier molecular flexibility index (Phi) is 6.29. The maximum absolute atomic E-state index is 13.1. The molecule has 0 radical (unpaired) electrons. The third-order valence-electron chi connectivity index (χ3n) is 4.94. The van der Waals surface area contributed by atoms with E-state index in [9.17, 15) is 14.0 Å². The zero-order chi connectivity index (χ0) is 21.0. The number of ether oxygens (including phenoxy) is 1. The van der Waals surface area contributed by atoms with E-state index in [1.165, 1.54) is 19.2 Å². The van der Waals surface area contributed by atoms with Crippen LogP contribution in [0.5, 0.6) is 0 Å². The molecule has 1 heterocycles. The summed E-state index contributed by atoms with van der Waals surface area (Å²) in [5.41, 5.74) is 4.76. The van der Waals surface area contributed by atoms with Crippen molar-refractivity contribution >= 4 is 12.0 Å². The number of aryl methyl sites for hydroxylation is 2. The van der Waals surface area contributed by atoms with Crippen molar-refractivity contribution in [2.24, 2.45) is 0 Å². The Hall–Kier alpha value is -3.19. The molecule has 0 aliphatic carbocycles. The lowest BCUT2D eigenvalue weighted by molar-refractivity contribution is -0.664. The monoisotopic (exact) mass is 398 g/mol. The number of hydrogen-bond donors (Lipinski definition) is 3. The molecule has 1 aliphatic heterocycles. The highest BCUT2D eigenvalue weighted by Gasteiger charge is 2.34. The van der Waals surface area contributed by atoms with Crippen LogP contribution >= 0.6 is 0 Å². The highest BCUT2D eigenvalue weighted by Crippen LogP contribution is 2.29. The van der Waals surface area contributed by atoms with Crippen molar-refractivity contribution in [3.05, 3.63) is 81.8 Å². The number of nitrogens with one attached hydrogen (secondary N) is 2. The second kappa shape index (κ2) is 8.87. The molecule has 1 aliphatic rings. The van der Waals surface area contributed by atoms with Crippen LogP contribution in [0.1, 0.15) is 28.3 Å². The van der Waals surface area contributed by atoms with E-state index in [-0.39, 0.29) is 11.8 Å². The van der Waals surface area contributed by atoms with Crippen molar-refractivity contribution < 1.29 is 24.0 Å². The fourth-order valence-electron chi connectivity index (χ4n) is 3.52. The molecule has 0 saturated carbocycles. The van der Waals surface area contributed by atoms with Crippen molar-refractivity contribution in [2.45, 2.75) is 26.4 Å². The molecule has 152 valence electrons. The summed E-state index contributed by atoms with van der Waals surface area (Å²) in [6.45, 7) is 4.89. The maximum atomic E-state index is 13.1. The summed E-state index contributed by atoms with van der Waals surface area (Å²) in [4.78, 5) is 24.9. The first-order valence-corrected chi connectivity index (χ1v) is 9.41. The van der Waals surface area contributed by atoms with E-state index in [2.05, 4.69) is 10.6 Å². The lowest BCUT2D eigenvalue weighted by Gasteiger charge is -2.29. The summed E-state index contributed by atoms with van der Waals surface area (Å²) in [6.07, 6.45) is 0. The molecule has 1 atom stereocenters. The highest BCUT2D eigenvalue weighted by molar-refractivity contribution is 5.95. The number of hydrogen-bond acceptors (Lipinski definition) is 3. The van der Waals surface area contributed by atoms with Crippen LogP contribution in [-0.2, 0) is 16.1 Å². The van der Waals surface area contributed by atoms with Crippen LogP contribution in [0.25, 0.3) is 0 Å². The minimum atomic E-state index is -0.592. The van der Waals surface area contributed by atoms with E-state index in [1.54, 1.807) is 12.1 Å². The second-order valence-electron chi connectivity index (χ2n) is 7.10. The number of carbonyl (C=O) groups excluding carboxylic acids is 2. The SMILES string of the molecule is COC(=O)C1=C(C[NH2+]Cc2ccc(F)cc2)NC(=O)N[C@@H]1c1ccc(C)cc1C. The number of quaternary nitrogens is 1. The third kappa shape index (κ3) is 4.81. The first-order chi connectivity index (χ1) is 13.9. The van der Waals surface area contributed by atoms with Gasteiger partial charge in [0, 0.05) is 5.56 Å². The van der Waals surface area contributed by atoms with Crippen LogP contribution in [0.3, 0.4) is 0 Å². The van der Waals surface area contributed by atoms with Gasteiger partial charge in [0.25, 0.3) is 0 Å². The largest absolute Gasteiger partial charge is 0.466 e. The maximum Gasteiger partial charge on any atom is 0.338 e. The summed E-state index contributed by atoms with van der Waals surface area (Å²) < 4.78 is 18.1. The number of urea groups is 1. The van der Waals surface area contributed by atoms with Crippen LogP contribution in [0, 0.1) is 19.7 Å². The number of nitrogens with two attached hydrogens (primary N) is 1. The van der Waals surface area contributed by atoms with Crippen molar-refractivity contribution in [3.8, 4) is 0 Å². The molecule has 0 unspecified atom stereocenters. The predicted octanol–water partition coefficient (Wildman–Crippen LogP) is 1.99. The zero-order valence-corrected chi connectivity index (χ0v) is 16.7. The number of methoxy groups -OCH3 is 1. The van der Waals surface area contributed by atoms with Crippen LogP contribution in [0.4, 0.5) is 9.18 Å². The first-order valence-electron chi connectivity index (χ1n) is 9.41.